The lowest BCUT2D eigenvalue weighted by Gasteiger charge is -2.26. The van der Waals surface area contributed by atoms with E-state index in [1.807, 2.05) is 19.1 Å². The van der Waals surface area contributed by atoms with Crippen molar-refractivity contribution in [2.75, 3.05) is 6.26 Å². The maximum atomic E-state index is 11.5. The van der Waals surface area contributed by atoms with Crippen LogP contribution in [0.1, 0.15) is 24.2 Å². The number of hydrogen-bond donors (Lipinski definition) is 1. The van der Waals surface area contributed by atoms with Gasteiger partial charge in [-0.15, -0.1) is 0 Å². The highest BCUT2D eigenvalue weighted by atomic mass is 79.9. The molecule has 0 spiro atoms. The maximum absolute atomic E-state index is 11.5. The molecule has 90 valence electrons. The summed E-state index contributed by atoms with van der Waals surface area (Å²) < 4.78 is 21.7. The molecule has 16 heavy (non-hydrogen) atoms. The van der Waals surface area contributed by atoms with E-state index >= 15 is 0 Å². The monoisotopic (exact) mass is 306 g/mol. The van der Waals surface area contributed by atoms with Gasteiger partial charge in [-0.05, 0) is 19.4 Å². The summed E-state index contributed by atoms with van der Waals surface area (Å²) in [4.78, 5) is 0. The lowest BCUT2D eigenvalue weighted by atomic mass is 10.1. The highest BCUT2D eigenvalue weighted by Gasteiger charge is 2.41. The molecule has 1 N–H and O–H groups in total. The molecule has 0 saturated heterocycles. The van der Waals surface area contributed by atoms with E-state index in [1.54, 1.807) is 12.1 Å². The van der Waals surface area contributed by atoms with Crippen LogP contribution in [0.5, 0.6) is 0 Å². The molecule has 0 aliphatic carbocycles. The molecule has 1 rings (SSSR count). The zero-order chi connectivity index (χ0) is 12.6. The Bertz CT molecular complexity index is 463. The van der Waals surface area contributed by atoms with Crippen LogP contribution in [0, 0.1) is 6.92 Å². The molecular formula is C11H15BrO3S. The van der Waals surface area contributed by atoms with Crippen LogP contribution in [0.4, 0.5) is 0 Å². The van der Waals surface area contributed by atoms with Gasteiger partial charge in [0.2, 0.25) is 0 Å². The molecule has 3 nitrogen and oxygen atoms in total. The van der Waals surface area contributed by atoms with Gasteiger partial charge in [-0.1, -0.05) is 45.8 Å². The zero-order valence-corrected chi connectivity index (χ0v) is 11.8. The van der Waals surface area contributed by atoms with Crippen molar-refractivity contribution in [3.63, 3.8) is 0 Å². The SMILES string of the molecule is Cc1ccc([C@H](O)[C@@](C)(Br)S(C)(=O)=O)cc1. The van der Waals surface area contributed by atoms with E-state index < -0.39 is 19.6 Å². The smallest absolute Gasteiger partial charge is 0.165 e. The topological polar surface area (TPSA) is 54.4 Å². The molecule has 2 atom stereocenters. The Morgan fingerprint density at radius 1 is 1.31 bits per heavy atom. The van der Waals surface area contributed by atoms with Gasteiger partial charge in [-0.2, -0.15) is 0 Å². The van der Waals surface area contributed by atoms with Crippen molar-refractivity contribution < 1.29 is 13.5 Å². The number of benzene rings is 1. The molecule has 0 aromatic heterocycles. The molecule has 0 aliphatic rings. The summed E-state index contributed by atoms with van der Waals surface area (Å²) in [6.45, 7) is 3.38. The largest absolute Gasteiger partial charge is 0.386 e. The molecule has 5 heteroatoms. The molecule has 0 heterocycles. The van der Waals surface area contributed by atoms with Crippen LogP contribution in [0.15, 0.2) is 24.3 Å². The minimum atomic E-state index is -3.39. The Kier molecular flexibility index (Phi) is 3.82. The zero-order valence-electron chi connectivity index (χ0n) is 9.44. The third kappa shape index (κ3) is 2.64. The summed E-state index contributed by atoms with van der Waals surface area (Å²) in [5, 5.41) is 10.0. The molecule has 0 saturated carbocycles. The first-order valence-electron chi connectivity index (χ1n) is 4.79. The molecular weight excluding hydrogens is 292 g/mol. The van der Waals surface area contributed by atoms with Crippen LogP contribution in [-0.4, -0.2) is 23.4 Å². The van der Waals surface area contributed by atoms with E-state index in [0.717, 1.165) is 11.8 Å². The van der Waals surface area contributed by atoms with Crippen LogP contribution in [0.2, 0.25) is 0 Å². The van der Waals surface area contributed by atoms with E-state index in [9.17, 15) is 13.5 Å². The Hall–Kier alpha value is -0.390. The van der Waals surface area contributed by atoms with Crippen molar-refractivity contribution in [1.29, 1.82) is 0 Å². The summed E-state index contributed by atoms with van der Waals surface area (Å²) in [5.74, 6) is 0. The Morgan fingerprint density at radius 2 is 1.75 bits per heavy atom. The van der Waals surface area contributed by atoms with Gasteiger partial charge in [0, 0.05) is 6.26 Å². The van der Waals surface area contributed by atoms with Crippen LogP contribution in [-0.2, 0) is 9.84 Å². The van der Waals surface area contributed by atoms with E-state index in [2.05, 4.69) is 15.9 Å². The number of alkyl halides is 1. The summed E-state index contributed by atoms with van der Waals surface area (Å²) in [5.41, 5.74) is 1.64. The average Bonchev–Trinajstić information content (AvgIpc) is 2.16. The van der Waals surface area contributed by atoms with Gasteiger partial charge in [0.05, 0.1) is 0 Å². The number of halogens is 1. The summed E-state index contributed by atoms with van der Waals surface area (Å²) in [6.07, 6.45) is 0.00204. The van der Waals surface area contributed by atoms with Crippen LogP contribution >= 0.6 is 15.9 Å². The number of hydrogen-bond acceptors (Lipinski definition) is 3. The van der Waals surface area contributed by atoms with Gasteiger partial charge in [0.25, 0.3) is 0 Å². The fourth-order valence-electron chi connectivity index (χ4n) is 1.25. The van der Waals surface area contributed by atoms with Gasteiger partial charge in [0.1, 0.15) is 6.10 Å². The fraction of sp³-hybridized carbons (Fsp3) is 0.455. The molecule has 0 aliphatic heterocycles. The summed E-state index contributed by atoms with van der Waals surface area (Å²) in [7, 11) is -3.39. The van der Waals surface area contributed by atoms with Crippen molar-refractivity contribution >= 4 is 25.8 Å². The normalized spacial score (nSPS) is 17.8. The molecule has 0 amide bonds. The number of rotatable bonds is 3. The molecule has 0 fully saturated rings. The van der Waals surface area contributed by atoms with Crippen molar-refractivity contribution in [3.8, 4) is 0 Å². The predicted molar refractivity (Wildman–Crippen MR) is 68.3 cm³/mol. The second kappa shape index (κ2) is 4.47. The van der Waals surface area contributed by atoms with Gasteiger partial charge in [-0.25, -0.2) is 8.42 Å². The Morgan fingerprint density at radius 3 is 2.12 bits per heavy atom. The third-order valence-electron chi connectivity index (χ3n) is 2.61. The first-order chi connectivity index (χ1) is 7.16. The van der Waals surface area contributed by atoms with Gasteiger partial charge in [-0.3, -0.25) is 0 Å². The van der Waals surface area contributed by atoms with Crippen LogP contribution in [0.3, 0.4) is 0 Å². The lowest BCUT2D eigenvalue weighted by Crippen LogP contribution is -2.34. The van der Waals surface area contributed by atoms with Crippen LogP contribution < -0.4 is 0 Å². The quantitative estimate of drug-likeness (QED) is 0.871. The maximum Gasteiger partial charge on any atom is 0.165 e. The number of aliphatic hydroxyl groups excluding tert-OH is 1. The van der Waals surface area contributed by atoms with Crippen molar-refractivity contribution in [2.45, 2.75) is 23.6 Å². The second-order valence-corrected chi connectivity index (χ2v) is 8.64. The first kappa shape index (κ1) is 13.7. The lowest BCUT2D eigenvalue weighted by molar-refractivity contribution is 0.168. The molecule has 1 aromatic rings. The minimum Gasteiger partial charge on any atom is -0.386 e. The van der Waals surface area contributed by atoms with E-state index in [-0.39, 0.29) is 0 Å². The number of aliphatic hydroxyl groups is 1. The molecule has 0 radical (unpaired) electrons. The average molecular weight is 307 g/mol. The highest BCUT2D eigenvalue weighted by Crippen LogP contribution is 2.37. The standard InChI is InChI=1S/C11H15BrO3S/c1-8-4-6-9(7-5-8)10(13)11(2,12)16(3,14)15/h4-7,10,13H,1-3H3/t10-,11-/m0/s1. The highest BCUT2D eigenvalue weighted by molar-refractivity contribution is 9.11. The van der Waals surface area contributed by atoms with E-state index in [4.69, 9.17) is 0 Å². The van der Waals surface area contributed by atoms with Gasteiger partial charge < -0.3 is 5.11 Å². The minimum absolute atomic E-state index is 0.579. The Labute approximate surface area is 105 Å². The Balaban J connectivity index is 3.12. The molecule has 0 bridgehead atoms. The second-order valence-electron chi connectivity index (χ2n) is 4.07. The molecule has 0 unspecified atom stereocenters. The van der Waals surface area contributed by atoms with Gasteiger partial charge in [0.15, 0.2) is 13.5 Å². The first-order valence-corrected chi connectivity index (χ1v) is 7.48. The van der Waals surface area contributed by atoms with Crippen molar-refractivity contribution in [2.24, 2.45) is 0 Å². The van der Waals surface area contributed by atoms with E-state index in [0.29, 0.717) is 5.56 Å². The van der Waals surface area contributed by atoms with Gasteiger partial charge >= 0.3 is 0 Å². The number of aryl methyl sites for hydroxylation is 1. The number of sulfone groups is 1. The van der Waals surface area contributed by atoms with E-state index in [1.165, 1.54) is 6.92 Å². The van der Waals surface area contributed by atoms with Crippen LogP contribution in [0.25, 0.3) is 0 Å². The third-order valence-corrected chi connectivity index (χ3v) is 6.48. The fourth-order valence-corrected chi connectivity index (χ4v) is 2.06. The summed E-state index contributed by atoms with van der Waals surface area (Å²) in [6, 6.07) is 7.13. The predicted octanol–water partition coefficient (Wildman–Crippen LogP) is 2.18. The molecule has 1 aromatic carbocycles. The summed E-state index contributed by atoms with van der Waals surface area (Å²) >= 11 is 3.09. The van der Waals surface area contributed by atoms with Crippen molar-refractivity contribution in [3.05, 3.63) is 35.4 Å². The van der Waals surface area contributed by atoms with Crippen molar-refractivity contribution in [1.82, 2.24) is 0 Å².